The van der Waals surface area contributed by atoms with Crippen molar-refractivity contribution in [1.82, 2.24) is 0 Å². The van der Waals surface area contributed by atoms with E-state index in [4.69, 9.17) is 9.47 Å². The number of fused-ring (bicyclic) bond motifs is 5. The number of ether oxygens (including phenoxy) is 2. The summed E-state index contributed by atoms with van der Waals surface area (Å²) < 4.78 is 10.5. The maximum absolute atomic E-state index is 13.3. The Balaban J connectivity index is 1.64. The average Bonchev–Trinajstić information content (AvgIpc) is 2.99. The predicted octanol–water partition coefficient (Wildman–Crippen LogP) is 3.85. The minimum absolute atomic E-state index is 0.0000916. The number of rotatable bonds is 2. The largest absolute Gasteiger partial charge is 0.469 e. The topological polar surface area (TPSA) is 69.7 Å². The van der Waals surface area contributed by atoms with Crippen molar-refractivity contribution in [3.8, 4) is 0 Å². The first kappa shape index (κ1) is 19.7. The van der Waals surface area contributed by atoms with Crippen molar-refractivity contribution in [2.24, 2.45) is 34.5 Å². The molecule has 5 nitrogen and oxygen atoms in total. The summed E-state index contributed by atoms with van der Waals surface area (Å²) in [6.07, 6.45) is 7.96. The van der Waals surface area contributed by atoms with Gasteiger partial charge in [0.1, 0.15) is 6.10 Å². The molecule has 154 valence electrons. The molecule has 5 heteroatoms. The SMILES string of the molecule is COC(=O)C1CCC2C3C(=O)C=C4CC(OC(C)=O)CCC4(C)C3CCC12C. The van der Waals surface area contributed by atoms with E-state index < -0.39 is 0 Å². The van der Waals surface area contributed by atoms with Gasteiger partial charge in [-0.15, -0.1) is 0 Å². The van der Waals surface area contributed by atoms with Gasteiger partial charge in [0.2, 0.25) is 0 Å². The van der Waals surface area contributed by atoms with Crippen LogP contribution in [0.2, 0.25) is 0 Å². The molecule has 0 amide bonds. The Labute approximate surface area is 167 Å². The molecule has 0 saturated heterocycles. The molecule has 4 rings (SSSR count). The lowest BCUT2D eigenvalue weighted by Gasteiger charge is -2.57. The zero-order valence-corrected chi connectivity index (χ0v) is 17.5. The van der Waals surface area contributed by atoms with Gasteiger partial charge in [-0.1, -0.05) is 19.4 Å². The Morgan fingerprint density at radius 3 is 2.50 bits per heavy atom. The van der Waals surface area contributed by atoms with E-state index in [2.05, 4.69) is 13.8 Å². The fraction of sp³-hybridized carbons (Fsp3) is 0.783. The third kappa shape index (κ3) is 2.76. The first-order valence-corrected chi connectivity index (χ1v) is 10.7. The zero-order valence-electron chi connectivity index (χ0n) is 17.5. The lowest BCUT2D eigenvalue weighted by atomic mass is 9.47. The average molecular weight is 389 g/mol. The van der Waals surface area contributed by atoms with Crippen LogP contribution in [-0.4, -0.2) is 30.9 Å². The summed E-state index contributed by atoms with van der Waals surface area (Å²) in [7, 11) is 1.47. The minimum atomic E-state index is -0.248. The van der Waals surface area contributed by atoms with Crippen molar-refractivity contribution in [2.75, 3.05) is 7.11 Å². The first-order valence-electron chi connectivity index (χ1n) is 10.7. The molecule has 4 aliphatic carbocycles. The van der Waals surface area contributed by atoms with Crippen LogP contribution in [0, 0.1) is 34.5 Å². The molecule has 0 N–H and O–H groups in total. The molecule has 28 heavy (non-hydrogen) atoms. The maximum Gasteiger partial charge on any atom is 0.309 e. The van der Waals surface area contributed by atoms with Crippen LogP contribution in [0.25, 0.3) is 0 Å². The quantitative estimate of drug-likeness (QED) is 0.672. The third-order valence-electron chi connectivity index (χ3n) is 8.72. The van der Waals surface area contributed by atoms with Gasteiger partial charge < -0.3 is 9.47 Å². The molecule has 0 bridgehead atoms. The van der Waals surface area contributed by atoms with Gasteiger partial charge in [-0.05, 0) is 67.3 Å². The minimum Gasteiger partial charge on any atom is -0.469 e. The number of methoxy groups -OCH3 is 1. The van der Waals surface area contributed by atoms with Crippen LogP contribution in [0.4, 0.5) is 0 Å². The molecule has 0 radical (unpaired) electrons. The van der Waals surface area contributed by atoms with Crippen LogP contribution >= 0.6 is 0 Å². The monoisotopic (exact) mass is 388 g/mol. The van der Waals surface area contributed by atoms with Crippen LogP contribution in [0.3, 0.4) is 0 Å². The van der Waals surface area contributed by atoms with E-state index in [0.29, 0.717) is 12.3 Å². The molecule has 0 aromatic carbocycles. The fourth-order valence-electron chi connectivity index (χ4n) is 7.23. The van der Waals surface area contributed by atoms with Gasteiger partial charge in [0.15, 0.2) is 5.78 Å². The Morgan fingerprint density at radius 1 is 1.07 bits per heavy atom. The zero-order chi connectivity index (χ0) is 20.3. The predicted molar refractivity (Wildman–Crippen MR) is 103 cm³/mol. The van der Waals surface area contributed by atoms with E-state index in [9.17, 15) is 14.4 Å². The summed E-state index contributed by atoms with van der Waals surface area (Å²) in [6, 6.07) is 0. The number of carbonyl (C=O) groups is 3. The molecule has 0 aromatic rings. The van der Waals surface area contributed by atoms with Gasteiger partial charge in [-0.2, -0.15) is 0 Å². The van der Waals surface area contributed by atoms with Crippen LogP contribution in [0.15, 0.2) is 11.6 Å². The lowest BCUT2D eigenvalue weighted by molar-refractivity contribution is -0.156. The molecular weight excluding hydrogens is 356 g/mol. The molecule has 7 atom stereocenters. The van der Waals surface area contributed by atoms with E-state index in [1.165, 1.54) is 19.6 Å². The second kappa shape index (κ2) is 6.70. The Kier molecular flexibility index (Phi) is 4.71. The molecule has 0 aliphatic heterocycles. The molecule has 3 saturated carbocycles. The Hall–Kier alpha value is -1.65. The molecule has 0 spiro atoms. The second-order valence-corrected chi connectivity index (χ2v) is 9.90. The highest BCUT2D eigenvalue weighted by molar-refractivity contribution is 5.94. The van der Waals surface area contributed by atoms with E-state index in [0.717, 1.165) is 38.5 Å². The molecule has 0 aromatic heterocycles. The number of allylic oxidation sites excluding steroid dienone is 1. The van der Waals surface area contributed by atoms with E-state index in [-0.39, 0.29) is 52.4 Å². The summed E-state index contributed by atoms with van der Waals surface area (Å²) in [5.74, 6) is 0.360. The lowest BCUT2D eigenvalue weighted by Crippen LogP contribution is -2.54. The van der Waals surface area contributed by atoms with Crippen molar-refractivity contribution in [1.29, 1.82) is 0 Å². The van der Waals surface area contributed by atoms with Crippen LogP contribution in [0.1, 0.15) is 65.7 Å². The standard InChI is InChI=1S/C23H32O5/c1-13(24)28-15-7-9-22(2)14(11-15)12-19(25)20-16-5-6-18(21(26)27-4)23(16,3)10-8-17(20)22/h12,15-18,20H,5-11H2,1-4H3. The highest BCUT2D eigenvalue weighted by Gasteiger charge is 2.62. The van der Waals surface area contributed by atoms with Crippen LogP contribution in [-0.2, 0) is 23.9 Å². The summed E-state index contributed by atoms with van der Waals surface area (Å²) in [5.41, 5.74) is 1.03. The Bertz CT molecular complexity index is 739. The third-order valence-corrected chi connectivity index (χ3v) is 8.72. The van der Waals surface area contributed by atoms with E-state index in [1.54, 1.807) is 0 Å². The van der Waals surface area contributed by atoms with Gasteiger partial charge in [0, 0.05) is 19.3 Å². The van der Waals surface area contributed by atoms with Gasteiger partial charge in [-0.3, -0.25) is 14.4 Å². The Morgan fingerprint density at radius 2 is 1.82 bits per heavy atom. The van der Waals surface area contributed by atoms with Crippen molar-refractivity contribution in [3.63, 3.8) is 0 Å². The second-order valence-electron chi connectivity index (χ2n) is 9.90. The summed E-state index contributed by atoms with van der Waals surface area (Å²) in [4.78, 5) is 37.0. The van der Waals surface area contributed by atoms with Gasteiger partial charge in [0.05, 0.1) is 13.0 Å². The molecule has 4 aliphatic rings. The summed E-state index contributed by atoms with van der Waals surface area (Å²) >= 11 is 0. The number of esters is 2. The van der Waals surface area contributed by atoms with Crippen LogP contribution < -0.4 is 0 Å². The molecule has 0 heterocycles. The molecular formula is C23H32O5. The van der Waals surface area contributed by atoms with Crippen molar-refractivity contribution in [3.05, 3.63) is 11.6 Å². The summed E-state index contributed by atoms with van der Waals surface area (Å²) in [6.45, 7) is 5.96. The van der Waals surface area contributed by atoms with Crippen LogP contribution in [0.5, 0.6) is 0 Å². The maximum atomic E-state index is 13.3. The smallest absolute Gasteiger partial charge is 0.309 e. The van der Waals surface area contributed by atoms with Crippen molar-refractivity contribution < 1.29 is 23.9 Å². The fourth-order valence-corrected chi connectivity index (χ4v) is 7.23. The normalized spacial score (nSPS) is 44.6. The van der Waals surface area contributed by atoms with E-state index >= 15 is 0 Å². The highest BCUT2D eigenvalue weighted by Crippen LogP contribution is 2.65. The summed E-state index contributed by atoms with van der Waals surface area (Å²) in [5, 5.41) is 0. The van der Waals surface area contributed by atoms with Crippen molar-refractivity contribution in [2.45, 2.75) is 71.8 Å². The molecule has 7 unspecified atom stereocenters. The first-order chi connectivity index (χ1) is 13.2. The number of hydrogen-bond donors (Lipinski definition) is 0. The number of hydrogen-bond acceptors (Lipinski definition) is 5. The van der Waals surface area contributed by atoms with Gasteiger partial charge in [0.25, 0.3) is 0 Å². The van der Waals surface area contributed by atoms with Gasteiger partial charge >= 0.3 is 11.9 Å². The van der Waals surface area contributed by atoms with Gasteiger partial charge in [-0.25, -0.2) is 0 Å². The highest BCUT2D eigenvalue weighted by atomic mass is 16.5. The number of ketones is 1. The van der Waals surface area contributed by atoms with E-state index in [1.807, 2.05) is 6.08 Å². The molecule has 3 fully saturated rings. The van der Waals surface area contributed by atoms with Crippen molar-refractivity contribution >= 4 is 17.7 Å². The number of carbonyl (C=O) groups excluding carboxylic acids is 3.